The fourth-order valence-electron chi connectivity index (χ4n) is 5.64. The van der Waals surface area contributed by atoms with E-state index in [9.17, 15) is 0 Å². The zero-order chi connectivity index (χ0) is 28.0. The lowest BCUT2D eigenvalue weighted by molar-refractivity contribution is 0.600. The normalized spacial score (nSPS) is 12.7. The van der Waals surface area contributed by atoms with Gasteiger partial charge in [-0.1, -0.05) is 92.6 Å². The fraction of sp³-hybridized carbons (Fsp3) is 0.297. The van der Waals surface area contributed by atoms with Gasteiger partial charge in [-0.2, -0.15) is 0 Å². The number of anilines is 1. The van der Waals surface area contributed by atoms with Crippen LogP contribution in [0.15, 0.2) is 127 Å². The van der Waals surface area contributed by atoms with Crippen LogP contribution in [-0.4, -0.2) is 12.7 Å². The highest BCUT2D eigenvalue weighted by atomic mass is 31.2. The van der Waals surface area contributed by atoms with Gasteiger partial charge < -0.3 is 11.1 Å². The first-order valence-corrected chi connectivity index (χ1v) is 16.9. The first-order chi connectivity index (χ1) is 19.6. The molecule has 4 aromatic carbocycles. The van der Waals surface area contributed by atoms with Crippen LogP contribution < -0.4 is 27.0 Å². The molecule has 0 bridgehead atoms. The van der Waals surface area contributed by atoms with E-state index in [1.807, 2.05) is 12.1 Å². The van der Waals surface area contributed by atoms with Crippen molar-refractivity contribution >= 4 is 28.9 Å². The van der Waals surface area contributed by atoms with Gasteiger partial charge in [0.15, 0.2) is 0 Å². The number of allylic oxidation sites excluding steroid dienone is 2. The number of hydrogen-bond acceptors (Lipinski definition) is 2. The number of nitrogens with one attached hydrogen (secondary N) is 1. The number of hydrogen-bond donors (Lipinski definition) is 2. The summed E-state index contributed by atoms with van der Waals surface area (Å²) in [5, 5.41) is 8.16. The smallest absolute Gasteiger partial charge is 0.112 e. The summed E-state index contributed by atoms with van der Waals surface area (Å²) < 4.78 is 0. The minimum absolute atomic E-state index is 0.456. The van der Waals surface area contributed by atoms with Crippen molar-refractivity contribution in [2.75, 3.05) is 18.4 Å². The van der Waals surface area contributed by atoms with E-state index in [0.717, 1.165) is 18.7 Å². The van der Waals surface area contributed by atoms with E-state index in [1.54, 1.807) is 0 Å². The monoisotopic (exact) mass is 549 g/mol. The van der Waals surface area contributed by atoms with Gasteiger partial charge in [0.2, 0.25) is 0 Å². The van der Waals surface area contributed by atoms with Gasteiger partial charge in [-0.3, -0.25) is 0 Å². The van der Waals surface area contributed by atoms with Crippen LogP contribution in [0.4, 0.5) is 5.69 Å². The summed E-state index contributed by atoms with van der Waals surface area (Å²) in [4.78, 5) is 0. The second kappa shape index (κ2) is 15.4. The molecule has 2 nitrogen and oxygen atoms in total. The van der Waals surface area contributed by atoms with Gasteiger partial charge in [-0.25, -0.2) is 0 Å². The average Bonchev–Trinajstić information content (AvgIpc) is 3.01. The Hall–Kier alpha value is -3.35. The molecule has 0 aliphatic rings. The van der Waals surface area contributed by atoms with Crippen LogP contribution in [0.5, 0.6) is 0 Å². The van der Waals surface area contributed by atoms with E-state index in [-0.39, 0.29) is 0 Å². The Balaban J connectivity index is 1.30. The van der Waals surface area contributed by atoms with Gasteiger partial charge in [0.05, 0.1) is 6.16 Å². The number of rotatable bonds is 15. The largest absolute Gasteiger partial charge is 0.399 e. The van der Waals surface area contributed by atoms with Crippen LogP contribution in [0.25, 0.3) is 0 Å². The van der Waals surface area contributed by atoms with Crippen LogP contribution in [-0.2, 0) is 0 Å². The third-order valence-electron chi connectivity index (χ3n) is 8.02. The quantitative estimate of drug-likeness (QED) is 0.0891. The van der Waals surface area contributed by atoms with E-state index in [2.05, 4.69) is 128 Å². The highest BCUT2D eigenvalue weighted by Crippen LogP contribution is 2.56. The van der Waals surface area contributed by atoms with Crippen molar-refractivity contribution in [1.82, 2.24) is 5.32 Å². The lowest BCUT2D eigenvalue weighted by Gasteiger charge is -2.27. The number of unbranched alkanes of at least 4 members (excludes halogenated alkanes) is 4. The van der Waals surface area contributed by atoms with Gasteiger partial charge in [0.25, 0.3) is 0 Å². The van der Waals surface area contributed by atoms with E-state index >= 15 is 0 Å². The maximum atomic E-state index is 5.85. The van der Waals surface area contributed by atoms with Crippen molar-refractivity contribution in [2.24, 2.45) is 0 Å². The Morgan fingerprint density at radius 1 is 0.675 bits per heavy atom. The van der Waals surface area contributed by atoms with Crippen molar-refractivity contribution in [1.29, 1.82) is 0 Å². The molecule has 40 heavy (non-hydrogen) atoms. The molecular formula is C37H46N2P+. The van der Waals surface area contributed by atoms with E-state index in [1.165, 1.54) is 65.4 Å². The Kier molecular flexibility index (Phi) is 11.4. The summed E-state index contributed by atoms with van der Waals surface area (Å²) >= 11 is 0. The second-order valence-electron chi connectivity index (χ2n) is 10.8. The molecule has 0 fully saturated rings. The maximum absolute atomic E-state index is 5.85. The van der Waals surface area contributed by atoms with Gasteiger partial charge in [0, 0.05) is 17.9 Å². The van der Waals surface area contributed by atoms with Crippen LogP contribution in [0.2, 0.25) is 0 Å². The van der Waals surface area contributed by atoms with Gasteiger partial charge in [-0.05, 0) is 92.6 Å². The molecule has 0 amide bonds. The van der Waals surface area contributed by atoms with Crippen molar-refractivity contribution in [3.8, 4) is 0 Å². The first-order valence-electron chi connectivity index (χ1n) is 14.9. The molecule has 4 aromatic rings. The molecule has 0 aromatic heterocycles. The molecule has 0 aliphatic heterocycles. The Labute approximate surface area is 243 Å². The van der Waals surface area contributed by atoms with Crippen LogP contribution in [0, 0.1) is 0 Å². The van der Waals surface area contributed by atoms with Crippen LogP contribution >= 0.6 is 7.26 Å². The van der Waals surface area contributed by atoms with Crippen LogP contribution in [0.3, 0.4) is 0 Å². The molecule has 0 saturated carbocycles. The van der Waals surface area contributed by atoms with Gasteiger partial charge in [-0.15, -0.1) is 0 Å². The zero-order valence-corrected chi connectivity index (χ0v) is 25.2. The van der Waals surface area contributed by atoms with E-state index in [4.69, 9.17) is 5.73 Å². The minimum atomic E-state index is -1.70. The predicted octanol–water partition coefficient (Wildman–Crippen LogP) is 8.20. The van der Waals surface area contributed by atoms with Crippen molar-refractivity contribution in [3.63, 3.8) is 0 Å². The van der Waals surface area contributed by atoms with Gasteiger partial charge in [0.1, 0.15) is 23.2 Å². The highest BCUT2D eigenvalue weighted by molar-refractivity contribution is 7.95. The topological polar surface area (TPSA) is 38.0 Å². The lowest BCUT2D eigenvalue weighted by Crippen LogP contribution is -2.33. The van der Waals surface area contributed by atoms with Crippen LogP contribution in [0.1, 0.15) is 63.9 Å². The standard InChI is InChI=1S/C37H46N2P/c1-3-34(39-30-31(2)32-25-27-33(38)28-26-32)18-10-5-4-6-17-29-40(35-19-11-7-12-20-35,36-21-13-8-14-22-36)37-23-15-9-16-24-37/h3,7-9,11-16,19-28,31,39H,4-6,10,17-18,29-30,38H2,1-2H3/q+1/b34-3-. The summed E-state index contributed by atoms with van der Waals surface area (Å²) in [6.07, 6.45) is 10.9. The number of benzene rings is 4. The summed E-state index contributed by atoms with van der Waals surface area (Å²) in [6.45, 7) is 5.37. The van der Waals surface area contributed by atoms with Crippen molar-refractivity contribution in [2.45, 2.75) is 58.3 Å². The zero-order valence-electron chi connectivity index (χ0n) is 24.3. The molecular weight excluding hydrogens is 503 g/mol. The third kappa shape index (κ3) is 7.86. The summed E-state index contributed by atoms with van der Waals surface area (Å²) in [6, 6.07) is 42.1. The fourth-order valence-corrected chi connectivity index (χ4v) is 10.0. The molecule has 208 valence electrons. The summed E-state index contributed by atoms with van der Waals surface area (Å²) in [5.41, 5.74) is 9.37. The number of nitrogen functional groups attached to an aromatic ring is 1. The molecule has 1 unspecified atom stereocenters. The molecule has 4 rings (SSSR count). The third-order valence-corrected chi connectivity index (χ3v) is 12.5. The average molecular weight is 550 g/mol. The Bertz CT molecular complexity index is 1190. The highest BCUT2D eigenvalue weighted by Gasteiger charge is 2.44. The Morgan fingerprint density at radius 2 is 1.15 bits per heavy atom. The molecule has 0 aliphatic carbocycles. The summed E-state index contributed by atoms with van der Waals surface area (Å²) in [5.74, 6) is 0.456. The molecule has 3 heteroatoms. The lowest BCUT2D eigenvalue weighted by atomic mass is 10.0. The molecule has 0 spiro atoms. The molecule has 1 atom stereocenters. The Morgan fingerprint density at radius 3 is 1.65 bits per heavy atom. The van der Waals surface area contributed by atoms with E-state index < -0.39 is 7.26 Å². The minimum Gasteiger partial charge on any atom is -0.399 e. The number of nitrogens with two attached hydrogens (primary N) is 1. The van der Waals surface area contributed by atoms with Gasteiger partial charge >= 0.3 is 0 Å². The predicted molar refractivity (Wildman–Crippen MR) is 179 cm³/mol. The maximum Gasteiger partial charge on any atom is 0.112 e. The summed E-state index contributed by atoms with van der Waals surface area (Å²) in [7, 11) is -1.70. The van der Waals surface area contributed by atoms with Crippen molar-refractivity contribution in [3.05, 3.63) is 133 Å². The molecule has 0 saturated heterocycles. The molecule has 0 heterocycles. The SMILES string of the molecule is C/C=C(/CCCCCCC[P+](c1ccccc1)(c1ccccc1)c1ccccc1)NCC(C)c1ccc(N)cc1. The second-order valence-corrected chi connectivity index (χ2v) is 14.4. The molecule has 0 radical (unpaired) electrons. The first kappa shape index (κ1) is 29.6. The van der Waals surface area contributed by atoms with E-state index in [0.29, 0.717) is 5.92 Å². The molecule has 3 N–H and O–H groups in total. The van der Waals surface area contributed by atoms with Crippen molar-refractivity contribution < 1.29 is 0 Å².